The Hall–Kier alpha value is -6.31. The van der Waals surface area contributed by atoms with Crippen molar-refractivity contribution in [2.75, 3.05) is 6.61 Å². The molecule has 4 fully saturated rings. The number of carbonyl (C=O) groups excluding carboxylic acids is 9. The Morgan fingerprint density at radius 1 is 0.538 bits per heavy atom. The SMILES string of the molecule is C=C[C@]1(CC)OC(OC(C)=O)[C@H](OC(C)=O)[C@@H]1C.C=C[C@]1(CC)O[C@@H](N2C=CC(=O)CC2=O)[C@H](O)[C@@H]1C.C=C[C@]1(CC)O[C@@H](N2C=CC(=O)CC2=O)[C@H](OC(C)=O)[C@@H]1C.C=C[C@]1(CO)O[C@@H](N2C=CC(=O)CC2=O)[C@H](O)[C@@H]1O. The van der Waals surface area contributed by atoms with E-state index in [-0.39, 0.29) is 66.2 Å². The third kappa shape index (κ3) is 13.4. The molecule has 0 aromatic rings. The normalized spacial score (nSPS) is 36.9. The summed E-state index contributed by atoms with van der Waals surface area (Å²) in [4.78, 5) is 107. The summed E-state index contributed by atoms with van der Waals surface area (Å²) in [5, 5.41) is 39.4. The summed E-state index contributed by atoms with van der Waals surface area (Å²) >= 11 is 0. The third-order valence-electron chi connectivity index (χ3n) is 15.2. The van der Waals surface area contributed by atoms with Crippen molar-refractivity contribution in [2.24, 2.45) is 17.8 Å². The van der Waals surface area contributed by atoms with E-state index in [1.807, 2.05) is 41.5 Å². The number of amides is 3. The molecule has 7 aliphatic heterocycles. The van der Waals surface area contributed by atoms with Crippen molar-refractivity contribution in [3.63, 3.8) is 0 Å². The minimum absolute atomic E-state index is 0.131. The summed E-state index contributed by atoms with van der Waals surface area (Å²) in [5.41, 5.74) is -3.49. The third-order valence-corrected chi connectivity index (χ3v) is 15.2. The number of rotatable bonds is 14. The van der Waals surface area contributed by atoms with Gasteiger partial charge in [-0.1, -0.05) is 65.8 Å². The lowest BCUT2D eigenvalue weighted by molar-refractivity contribution is -0.200. The Labute approximate surface area is 453 Å². The van der Waals surface area contributed by atoms with Crippen LogP contribution in [0.1, 0.15) is 101 Å². The molecule has 23 nitrogen and oxygen atoms in total. The lowest BCUT2D eigenvalue weighted by Gasteiger charge is -2.31. The number of ether oxygens (including phenoxy) is 7. The fourth-order valence-corrected chi connectivity index (χ4v) is 10.2. The van der Waals surface area contributed by atoms with Crippen LogP contribution in [-0.4, -0.2) is 173 Å². The molecule has 4 saturated heterocycles. The van der Waals surface area contributed by atoms with Crippen molar-refractivity contribution in [3.8, 4) is 0 Å². The van der Waals surface area contributed by atoms with Crippen LogP contribution in [0, 0.1) is 17.8 Å². The molecule has 0 spiro atoms. The first kappa shape index (κ1) is 64.2. The molecule has 7 heterocycles. The van der Waals surface area contributed by atoms with Crippen molar-refractivity contribution >= 4 is 53.0 Å². The van der Waals surface area contributed by atoms with Crippen LogP contribution in [0.5, 0.6) is 0 Å². The van der Waals surface area contributed by atoms with Crippen molar-refractivity contribution in [2.45, 2.75) is 179 Å². The van der Waals surface area contributed by atoms with Gasteiger partial charge < -0.3 is 53.6 Å². The van der Waals surface area contributed by atoms with E-state index in [4.69, 9.17) is 33.2 Å². The second-order valence-corrected chi connectivity index (χ2v) is 19.7. The number of hydrogen-bond donors (Lipinski definition) is 4. The monoisotopic (exact) mass is 1100 g/mol. The van der Waals surface area contributed by atoms with Crippen LogP contribution in [0.3, 0.4) is 0 Å². The first-order valence-corrected chi connectivity index (χ1v) is 25.6. The van der Waals surface area contributed by atoms with Crippen LogP contribution in [0.25, 0.3) is 0 Å². The standard InChI is InChI=1S/C16H21NO5.C14H19NO4.C13H20O5.C12H15NO6/c1-5-16(6-2)10(3)14(21-11(4)18)15(22-16)17-8-7-12(19)9-13(17)20;1-4-14(5-2)9(3)12(18)13(19-14)15-7-6-10(16)8-11(15)17;1-6-13(7-2)8(3)11(16-9(4)14)12(18-13)17-10(5)15;1-2-12(6-14)10(18)9(17)11(19-12)13-4-3-7(15)5-8(13)16/h5,7-8,10,14-15H,1,6,9H2,2-4H3;4,6-7,9,12-13,18H,1,5,8H2,2-3H3;6,8,11-12H,1,7H2,2-5H3;2-4,9-11,14,17-18H,1,5-6H2/t10-,14+,15+,16+;9-,12+,13+,14+;8-,11+,12?,13+;9-,10+,11-,12-/m0001/s1. The molecule has 0 aromatic carbocycles. The predicted octanol–water partition coefficient (Wildman–Crippen LogP) is 2.66. The molecule has 16 atom stereocenters. The van der Waals surface area contributed by atoms with E-state index in [0.717, 1.165) is 4.90 Å². The minimum Gasteiger partial charge on any atom is -0.457 e. The van der Waals surface area contributed by atoms with Gasteiger partial charge in [-0.2, -0.15) is 0 Å². The summed E-state index contributed by atoms with van der Waals surface area (Å²) in [7, 11) is 0. The van der Waals surface area contributed by atoms with Crippen molar-refractivity contribution in [3.05, 3.63) is 87.4 Å². The van der Waals surface area contributed by atoms with Gasteiger partial charge in [0.2, 0.25) is 24.0 Å². The molecule has 1 unspecified atom stereocenters. The highest BCUT2D eigenvalue weighted by atomic mass is 16.7. The van der Waals surface area contributed by atoms with E-state index in [1.165, 1.54) is 73.5 Å². The molecule has 0 bridgehead atoms. The van der Waals surface area contributed by atoms with E-state index in [0.29, 0.717) is 19.3 Å². The topological polar surface area (TPSA) is 309 Å². The lowest BCUT2D eigenvalue weighted by atomic mass is 9.85. The summed E-state index contributed by atoms with van der Waals surface area (Å²) in [6.07, 6.45) is 6.93. The molecule has 430 valence electrons. The number of carbonyl (C=O) groups is 9. The number of esters is 3. The van der Waals surface area contributed by atoms with Crippen molar-refractivity contribution < 1.29 is 96.7 Å². The van der Waals surface area contributed by atoms with E-state index in [2.05, 4.69) is 26.3 Å². The van der Waals surface area contributed by atoms with Gasteiger partial charge in [0.05, 0.1) is 42.7 Å². The molecule has 23 heteroatoms. The quantitative estimate of drug-likeness (QED) is 0.0841. The van der Waals surface area contributed by atoms with E-state index in [9.17, 15) is 63.6 Å². The number of aliphatic hydroxyl groups is 4. The smallest absolute Gasteiger partial charge is 0.305 e. The molecule has 78 heavy (non-hydrogen) atoms. The fourth-order valence-electron chi connectivity index (χ4n) is 10.2. The van der Waals surface area contributed by atoms with Crippen LogP contribution >= 0.6 is 0 Å². The highest BCUT2D eigenvalue weighted by Crippen LogP contribution is 2.45. The van der Waals surface area contributed by atoms with Gasteiger partial charge in [0.25, 0.3) is 0 Å². The summed E-state index contributed by atoms with van der Waals surface area (Å²) in [6.45, 7) is 29.6. The Morgan fingerprint density at radius 3 is 1.22 bits per heavy atom. The molecular weight excluding hydrogens is 1020 g/mol. The van der Waals surface area contributed by atoms with Gasteiger partial charge >= 0.3 is 17.9 Å². The molecule has 0 aromatic heterocycles. The highest BCUT2D eigenvalue weighted by Gasteiger charge is 2.57. The Balaban J connectivity index is 0.000000225. The van der Waals surface area contributed by atoms with Gasteiger partial charge in [0.1, 0.15) is 23.9 Å². The Kier molecular flexibility index (Phi) is 21.9. The number of nitrogens with zero attached hydrogens (tertiary/aromatic N) is 3. The van der Waals surface area contributed by atoms with Gasteiger partial charge in [0, 0.05) is 57.1 Å². The molecular formula is C55H75N3O20. The minimum atomic E-state index is -1.53. The average molecular weight is 1100 g/mol. The molecule has 0 radical (unpaired) electrons. The van der Waals surface area contributed by atoms with Crippen molar-refractivity contribution in [1.29, 1.82) is 0 Å². The maximum absolute atomic E-state index is 12.1. The van der Waals surface area contributed by atoms with Crippen molar-refractivity contribution in [1.82, 2.24) is 14.7 Å². The van der Waals surface area contributed by atoms with Crippen LogP contribution in [0.4, 0.5) is 0 Å². The maximum atomic E-state index is 12.1. The highest BCUT2D eigenvalue weighted by molar-refractivity contribution is 6.07. The first-order chi connectivity index (χ1) is 36.6. The number of allylic oxidation sites excluding steroid dienone is 3. The molecule has 7 aliphatic rings. The zero-order valence-corrected chi connectivity index (χ0v) is 45.6. The summed E-state index contributed by atoms with van der Waals surface area (Å²) in [6, 6.07) is 0. The molecule has 4 N–H and O–H groups in total. The zero-order chi connectivity index (χ0) is 58.8. The number of hydrogen-bond acceptors (Lipinski definition) is 20. The van der Waals surface area contributed by atoms with E-state index < -0.39 is 108 Å². The second-order valence-electron chi connectivity index (χ2n) is 19.7. The molecule has 0 aliphatic carbocycles. The van der Waals surface area contributed by atoms with Gasteiger partial charge in [0.15, 0.2) is 48.2 Å². The average Bonchev–Trinajstić information content (AvgIpc) is 4.03. The van der Waals surface area contributed by atoms with Gasteiger partial charge in [-0.3, -0.25) is 57.9 Å². The zero-order valence-electron chi connectivity index (χ0n) is 45.6. The maximum Gasteiger partial charge on any atom is 0.305 e. The van der Waals surface area contributed by atoms with Gasteiger partial charge in [-0.15, -0.1) is 26.3 Å². The number of aliphatic hydroxyl groups excluding tert-OH is 4. The molecule has 3 amide bonds. The van der Waals surface area contributed by atoms with Crippen LogP contribution < -0.4 is 0 Å². The largest absolute Gasteiger partial charge is 0.457 e. The van der Waals surface area contributed by atoms with Crippen LogP contribution in [0.2, 0.25) is 0 Å². The van der Waals surface area contributed by atoms with E-state index in [1.54, 1.807) is 18.2 Å². The molecule has 7 rings (SSSR count). The fraction of sp³-hybridized carbons (Fsp3) is 0.582. The lowest BCUT2D eigenvalue weighted by Crippen LogP contribution is -2.46. The summed E-state index contributed by atoms with van der Waals surface area (Å²) in [5.74, 6) is -3.87. The predicted molar refractivity (Wildman–Crippen MR) is 274 cm³/mol. The molecule has 0 saturated carbocycles. The first-order valence-electron chi connectivity index (χ1n) is 25.6. The summed E-state index contributed by atoms with van der Waals surface area (Å²) < 4.78 is 38.8. The Bertz CT molecular complexity index is 2360. The number of ketones is 3. The van der Waals surface area contributed by atoms with Gasteiger partial charge in [-0.25, -0.2) is 0 Å². The van der Waals surface area contributed by atoms with Crippen LogP contribution in [-0.2, 0) is 76.3 Å². The van der Waals surface area contributed by atoms with Gasteiger partial charge in [-0.05, 0) is 37.5 Å². The second kappa shape index (κ2) is 26.6. The van der Waals surface area contributed by atoms with E-state index >= 15 is 0 Å². The van der Waals surface area contributed by atoms with Crippen LogP contribution in [0.15, 0.2) is 87.4 Å². The Morgan fingerprint density at radius 2 is 0.872 bits per heavy atom.